The molecule has 0 spiro atoms. The van der Waals surface area contributed by atoms with Gasteiger partial charge in [-0.3, -0.25) is 0 Å². The molecule has 13 heavy (non-hydrogen) atoms. The minimum Gasteiger partial charge on any atom is -0.433 e. The van der Waals surface area contributed by atoms with E-state index >= 15 is 0 Å². The van der Waals surface area contributed by atoms with Crippen LogP contribution < -0.4 is 5.46 Å². The highest BCUT2D eigenvalue weighted by Gasteiger charge is 1.93. The first kappa shape index (κ1) is 15.0. The Labute approximate surface area is 83.6 Å². The van der Waals surface area contributed by atoms with Crippen LogP contribution in [0.1, 0.15) is 0 Å². The Morgan fingerprint density at radius 3 is 2.31 bits per heavy atom. The standard InChI is InChI=1S/C8H9BClO.2H2O/c10-6-7-11-9-8-4-2-1-3-5-8;;/h1-5H,6-7H2;2*1H2. The summed E-state index contributed by atoms with van der Waals surface area (Å²) in [5.74, 6) is 0.531. The fourth-order valence-corrected chi connectivity index (χ4v) is 0.820. The highest BCUT2D eigenvalue weighted by atomic mass is 35.5. The lowest BCUT2D eigenvalue weighted by atomic mass is 9.88. The maximum absolute atomic E-state index is 5.42. The van der Waals surface area contributed by atoms with E-state index in [1.165, 1.54) is 0 Å². The fraction of sp³-hybridized carbons (Fsp3) is 0.250. The molecule has 0 aliphatic carbocycles. The van der Waals surface area contributed by atoms with Crippen LogP contribution in [0.2, 0.25) is 0 Å². The highest BCUT2D eigenvalue weighted by molar-refractivity contribution is 6.46. The van der Waals surface area contributed by atoms with Crippen molar-refractivity contribution in [3.8, 4) is 0 Å². The summed E-state index contributed by atoms with van der Waals surface area (Å²) >= 11 is 5.42. The van der Waals surface area contributed by atoms with Crippen molar-refractivity contribution in [3.63, 3.8) is 0 Å². The predicted molar refractivity (Wildman–Crippen MR) is 55.7 cm³/mol. The molecule has 4 N–H and O–H groups in total. The van der Waals surface area contributed by atoms with Gasteiger partial charge in [0.25, 0.3) is 0 Å². The lowest BCUT2D eigenvalue weighted by Gasteiger charge is -1.98. The van der Waals surface area contributed by atoms with Crippen molar-refractivity contribution in [1.82, 2.24) is 0 Å². The monoisotopic (exact) mass is 203 g/mol. The molecule has 0 aliphatic rings. The zero-order valence-corrected chi connectivity index (χ0v) is 7.92. The summed E-state index contributed by atoms with van der Waals surface area (Å²) in [6.07, 6.45) is 0. The normalized spacial score (nSPS) is 8.08. The predicted octanol–water partition coefficient (Wildman–Crippen LogP) is -0.463. The average Bonchev–Trinajstić information content (AvgIpc) is 2.07. The van der Waals surface area contributed by atoms with Crippen LogP contribution in [0.15, 0.2) is 30.3 Å². The zero-order chi connectivity index (χ0) is 7.94. The first-order valence-electron chi connectivity index (χ1n) is 3.49. The number of rotatable bonds is 4. The number of hydrogen-bond acceptors (Lipinski definition) is 1. The molecule has 1 aromatic rings. The molecule has 73 valence electrons. The summed E-state index contributed by atoms with van der Waals surface area (Å²) in [5.41, 5.74) is 1.07. The first-order valence-corrected chi connectivity index (χ1v) is 4.03. The first-order chi connectivity index (χ1) is 5.43. The van der Waals surface area contributed by atoms with Gasteiger partial charge < -0.3 is 15.6 Å². The number of alkyl halides is 1. The van der Waals surface area contributed by atoms with Crippen LogP contribution in [0, 0.1) is 0 Å². The van der Waals surface area contributed by atoms with Gasteiger partial charge in [0.05, 0.1) is 0 Å². The quantitative estimate of drug-likeness (QED) is 0.371. The summed E-state index contributed by atoms with van der Waals surface area (Å²) < 4.78 is 5.11. The molecule has 5 heteroatoms. The van der Waals surface area contributed by atoms with Gasteiger partial charge in [0, 0.05) is 12.5 Å². The molecule has 1 rings (SSSR count). The maximum Gasteiger partial charge on any atom is 0.330 e. The van der Waals surface area contributed by atoms with Crippen LogP contribution in [0.4, 0.5) is 0 Å². The lowest BCUT2D eigenvalue weighted by Crippen LogP contribution is -2.17. The molecule has 0 amide bonds. The highest BCUT2D eigenvalue weighted by Crippen LogP contribution is 1.82. The minimum atomic E-state index is 0. The van der Waals surface area contributed by atoms with Gasteiger partial charge in [-0.05, 0) is 0 Å². The Morgan fingerprint density at radius 1 is 1.15 bits per heavy atom. The number of hydrogen-bond donors (Lipinski definition) is 0. The summed E-state index contributed by atoms with van der Waals surface area (Å²) in [6, 6.07) is 9.87. The maximum atomic E-state index is 5.42. The molecule has 0 aliphatic heterocycles. The van der Waals surface area contributed by atoms with Crippen LogP contribution in [-0.2, 0) is 4.65 Å². The average molecular weight is 203 g/mol. The smallest absolute Gasteiger partial charge is 0.330 e. The van der Waals surface area contributed by atoms with Crippen LogP contribution in [-0.4, -0.2) is 30.9 Å². The second-order valence-electron chi connectivity index (χ2n) is 2.09. The van der Waals surface area contributed by atoms with Crippen LogP contribution >= 0.6 is 11.6 Å². The lowest BCUT2D eigenvalue weighted by molar-refractivity contribution is 0.370. The third-order valence-electron chi connectivity index (χ3n) is 1.21. The van der Waals surface area contributed by atoms with Crippen molar-refractivity contribution >= 4 is 24.5 Å². The van der Waals surface area contributed by atoms with Crippen LogP contribution in [0.3, 0.4) is 0 Å². The van der Waals surface area contributed by atoms with Crippen LogP contribution in [0.25, 0.3) is 0 Å². The van der Waals surface area contributed by atoms with Gasteiger partial charge in [-0.1, -0.05) is 35.8 Å². The van der Waals surface area contributed by atoms with Crippen molar-refractivity contribution in [1.29, 1.82) is 0 Å². The molecule has 1 aromatic carbocycles. The second-order valence-corrected chi connectivity index (χ2v) is 2.47. The number of benzene rings is 1. The van der Waals surface area contributed by atoms with Gasteiger partial charge in [0.2, 0.25) is 0 Å². The Bertz CT molecular complexity index is 196. The largest absolute Gasteiger partial charge is 0.433 e. The van der Waals surface area contributed by atoms with Gasteiger partial charge in [-0.2, -0.15) is 0 Å². The Kier molecular flexibility index (Phi) is 11.0. The molecule has 0 fully saturated rings. The molecule has 0 bridgehead atoms. The second kappa shape index (κ2) is 9.54. The molecular formula is C8H13BClO3. The van der Waals surface area contributed by atoms with E-state index in [4.69, 9.17) is 16.3 Å². The molecule has 0 atom stereocenters. The third kappa shape index (κ3) is 6.60. The Morgan fingerprint density at radius 2 is 1.77 bits per heavy atom. The summed E-state index contributed by atoms with van der Waals surface area (Å²) in [5, 5.41) is 0. The Hall–Kier alpha value is -0.545. The van der Waals surface area contributed by atoms with E-state index in [2.05, 4.69) is 0 Å². The van der Waals surface area contributed by atoms with E-state index in [0.717, 1.165) is 5.46 Å². The molecule has 1 radical (unpaired) electrons. The van der Waals surface area contributed by atoms with Crippen molar-refractivity contribution in [2.45, 2.75) is 0 Å². The molecule has 0 saturated carbocycles. The van der Waals surface area contributed by atoms with Gasteiger partial charge >= 0.3 is 7.48 Å². The van der Waals surface area contributed by atoms with E-state index in [1.54, 1.807) is 7.48 Å². The molecule has 0 aromatic heterocycles. The van der Waals surface area contributed by atoms with Crippen LogP contribution in [0.5, 0.6) is 0 Å². The molecule has 0 heterocycles. The van der Waals surface area contributed by atoms with Gasteiger partial charge in [-0.25, -0.2) is 0 Å². The van der Waals surface area contributed by atoms with E-state index in [9.17, 15) is 0 Å². The van der Waals surface area contributed by atoms with E-state index in [-0.39, 0.29) is 11.0 Å². The minimum absolute atomic E-state index is 0. The summed E-state index contributed by atoms with van der Waals surface area (Å²) in [7, 11) is 1.71. The molecule has 0 saturated heterocycles. The molecule has 0 unspecified atom stereocenters. The third-order valence-corrected chi connectivity index (χ3v) is 1.37. The fourth-order valence-electron chi connectivity index (χ4n) is 0.731. The van der Waals surface area contributed by atoms with Crippen molar-refractivity contribution in [3.05, 3.63) is 30.3 Å². The van der Waals surface area contributed by atoms with Crippen molar-refractivity contribution in [2.24, 2.45) is 0 Å². The molecular weight excluding hydrogens is 190 g/mol. The number of halogens is 1. The van der Waals surface area contributed by atoms with E-state index in [1.807, 2.05) is 30.3 Å². The summed E-state index contributed by atoms with van der Waals surface area (Å²) in [6.45, 7) is 0.566. The van der Waals surface area contributed by atoms with Crippen molar-refractivity contribution < 1.29 is 15.6 Å². The summed E-state index contributed by atoms with van der Waals surface area (Å²) in [4.78, 5) is 0. The van der Waals surface area contributed by atoms with E-state index < -0.39 is 0 Å². The molecule has 3 nitrogen and oxygen atoms in total. The SMILES string of the molecule is ClCCO[B]c1ccccc1.O.O. The zero-order valence-electron chi connectivity index (χ0n) is 7.16. The Balaban J connectivity index is 0. The van der Waals surface area contributed by atoms with E-state index in [0.29, 0.717) is 12.5 Å². The topological polar surface area (TPSA) is 72.2 Å². The van der Waals surface area contributed by atoms with Gasteiger partial charge in [0.1, 0.15) is 0 Å². The van der Waals surface area contributed by atoms with Gasteiger partial charge in [-0.15, -0.1) is 11.6 Å². The van der Waals surface area contributed by atoms with Crippen molar-refractivity contribution in [2.75, 3.05) is 12.5 Å². The van der Waals surface area contributed by atoms with Gasteiger partial charge in [0.15, 0.2) is 0 Å².